The summed E-state index contributed by atoms with van der Waals surface area (Å²) >= 11 is 0. The van der Waals surface area contributed by atoms with Gasteiger partial charge in [0.25, 0.3) is 0 Å². The summed E-state index contributed by atoms with van der Waals surface area (Å²) in [6.45, 7) is 1.98. The molecular weight excluding hydrogens is 242 g/mol. The average Bonchev–Trinajstić information content (AvgIpc) is 2.75. The number of anilines is 1. The minimum atomic E-state index is -0.406. The Morgan fingerprint density at radius 2 is 2.16 bits per heavy atom. The van der Waals surface area contributed by atoms with E-state index in [-0.39, 0.29) is 0 Å². The quantitative estimate of drug-likeness (QED) is 0.516. The Kier molecular flexibility index (Phi) is 2.41. The van der Waals surface area contributed by atoms with Crippen LogP contribution in [0.1, 0.15) is 15.9 Å². The zero-order chi connectivity index (χ0) is 13.6. The van der Waals surface area contributed by atoms with E-state index < -0.39 is 5.97 Å². The van der Waals surface area contributed by atoms with Gasteiger partial charge >= 0.3 is 5.97 Å². The molecule has 5 heteroatoms. The first kappa shape index (κ1) is 11.5. The number of carbonyl (C=O) groups excluding carboxylic acids is 1. The molecule has 0 saturated carbocycles. The smallest absolute Gasteiger partial charge is 0.337 e. The lowest BCUT2D eigenvalue weighted by Crippen LogP contribution is -2.02. The van der Waals surface area contributed by atoms with Gasteiger partial charge in [-0.15, -0.1) is 0 Å². The second kappa shape index (κ2) is 3.98. The number of hydrogen-bond acceptors (Lipinski definition) is 4. The first-order valence-corrected chi connectivity index (χ1v) is 5.86. The Bertz CT molecular complexity index is 805. The van der Waals surface area contributed by atoms with Gasteiger partial charge in [0.15, 0.2) is 0 Å². The molecule has 0 amide bonds. The number of benzene rings is 1. The first-order valence-electron chi connectivity index (χ1n) is 5.86. The molecule has 3 N–H and O–H groups in total. The van der Waals surface area contributed by atoms with Crippen LogP contribution in [0.4, 0.5) is 5.69 Å². The predicted molar refractivity (Wildman–Crippen MR) is 74.1 cm³/mol. The summed E-state index contributed by atoms with van der Waals surface area (Å²) in [6.07, 6.45) is 1.79. The number of aromatic amines is 1. The lowest BCUT2D eigenvalue weighted by atomic mass is 10.1. The maximum absolute atomic E-state index is 11.6. The highest BCUT2D eigenvalue weighted by molar-refractivity contribution is 6.13. The van der Waals surface area contributed by atoms with Gasteiger partial charge in [0.1, 0.15) is 5.65 Å². The number of carbonyl (C=O) groups is 1. The van der Waals surface area contributed by atoms with Crippen molar-refractivity contribution in [2.75, 3.05) is 12.8 Å². The van der Waals surface area contributed by atoms with E-state index in [1.807, 2.05) is 13.0 Å². The molecule has 3 aromatic rings. The number of pyridine rings is 1. The summed E-state index contributed by atoms with van der Waals surface area (Å²) in [5, 5.41) is 1.85. The van der Waals surface area contributed by atoms with Crippen molar-refractivity contribution >= 4 is 33.6 Å². The summed E-state index contributed by atoms with van der Waals surface area (Å²) < 4.78 is 4.71. The van der Waals surface area contributed by atoms with E-state index in [0.717, 1.165) is 27.5 Å². The maximum Gasteiger partial charge on any atom is 0.337 e. The third-order valence-electron chi connectivity index (χ3n) is 3.14. The highest BCUT2D eigenvalue weighted by atomic mass is 16.5. The topological polar surface area (TPSA) is 81.0 Å². The molecule has 1 aromatic carbocycles. The highest BCUT2D eigenvalue weighted by Gasteiger charge is 2.13. The number of hydrogen-bond donors (Lipinski definition) is 2. The Morgan fingerprint density at radius 1 is 1.37 bits per heavy atom. The van der Waals surface area contributed by atoms with Crippen LogP contribution in [0.3, 0.4) is 0 Å². The molecule has 0 spiro atoms. The van der Waals surface area contributed by atoms with Crippen molar-refractivity contribution in [2.24, 2.45) is 0 Å². The van der Waals surface area contributed by atoms with Crippen molar-refractivity contribution in [3.8, 4) is 0 Å². The van der Waals surface area contributed by atoms with E-state index in [1.165, 1.54) is 7.11 Å². The Labute approximate surface area is 109 Å². The number of aromatic nitrogens is 2. The maximum atomic E-state index is 11.6. The van der Waals surface area contributed by atoms with E-state index in [2.05, 4.69) is 9.97 Å². The predicted octanol–water partition coefficient (Wildman–Crippen LogP) is 2.39. The van der Waals surface area contributed by atoms with Crippen LogP contribution in [0.25, 0.3) is 21.9 Å². The highest BCUT2D eigenvalue weighted by Crippen LogP contribution is 2.30. The molecule has 3 rings (SSSR count). The standard InChI is InChI=1S/C14H13N3O2/c1-7-3-9-12-10(15)4-8(14(18)19-2)5-11(12)17-13(9)16-6-7/h3-6H,15H2,1-2H3,(H,16,17). The second-order valence-corrected chi connectivity index (χ2v) is 4.51. The van der Waals surface area contributed by atoms with Gasteiger partial charge in [-0.25, -0.2) is 9.78 Å². The molecule has 0 saturated heterocycles. The Balaban J connectivity index is 2.38. The van der Waals surface area contributed by atoms with Gasteiger partial charge in [-0.1, -0.05) is 0 Å². The second-order valence-electron chi connectivity index (χ2n) is 4.51. The van der Waals surface area contributed by atoms with Crippen LogP contribution in [-0.2, 0) is 4.74 Å². The van der Waals surface area contributed by atoms with Crippen LogP contribution in [0.2, 0.25) is 0 Å². The number of aryl methyl sites for hydroxylation is 1. The molecule has 0 bridgehead atoms. The Hall–Kier alpha value is -2.56. The largest absolute Gasteiger partial charge is 0.465 e. The summed E-state index contributed by atoms with van der Waals surface area (Å²) in [5.41, 5.74) is 9.62. The average molecular weight is 255 g/mol. The lowest BCUT2D eigenvalue weighted by Gasteiger charge is -2.02. The van der Waals surface area contributed by atoms with Crippen LogP contribution in [0.5, 0.6) is 0 Å². The van der Waals surface area contributed by atoms with Crippen LogP contribution in [0.15, 0.2) is 24.4 Å². The van der Waals surface area contributed by atoms with E-state index in [4.69, 9.17) is 10.5 Å². The first-order chi connectivity index (χ1) is 9.10. The van der Waals surface area contributed by atoms with E-state index in [1.54, 1.807) is 18.3 Å². The van der Waals surface area contributed by atoms with Crippen LogP contribution in [0, 0.1) is 6.92 Å². The van der Waals surface area contributed by atoms with Gasteiger partial charge in [-0.05, 0) is 30.7 Å². The van der Waals surface area contributed by atoms with Gasteiger partial charge in [0, 0.05) is 22.7 Å². The summed E-state index contributed by atoms with van der Waals surface area (Å²) in [7, 11) is 1.35. The minimum absolute atomic E-state index is 0.406. The number of methoxy groups -OCH3 is 1. The molecule has 2 aromatic heterocycles. The summed E-state index contributed by atoms with van der Waals surface area (Å²) in [6, 6.07) is 5.38. The van der Waals surface area contributed by atoms with Gasteiger partial charge < -0.3 is 15.5 Å². The summed E-state index contributed by atoms with van der Waals surface area (Å²) in [4.78, 5) is 19.1. The number of nitrogens with zero attached hydrogens (tertiary/aromatic N) is 1. The molecule has 0 aliphatic carbocycles. The number of ether oxygens (including phenoxy) is 1. The molecule has 0 aliphatic heterocycles. The molecule has 0 radical (unpaired) electrons. The van der Waals surface area contributed by atoms with Crippen LogP contribution >= 0.6 is 0 Å². The van der Waals surface area contributed by atoms with Crippen molar-refractivity contribution in [3.63, 3.8) is 0 Å². The van der Waals surface area contributed by atoms with Crippen LogP contribution in [-0.4, -0.2) is 23.0 Å². The Morgan fingerprint density at radius 3 is 2.89 bits per heavy atom. The van der Waals surface area contributed by atoms with Gasteiger partial charge in [0.05, 0.1) is 18.2 Å². The van der Waals surface area contributed by atoms with Gasteiger partial charge in [-0.3, -0.25) is 0 Å². The number of fused-ring (bicyclic) bond motifs is 3. The molecule has 96 valence electrons. The normalized spacial score (nSPS) is 11.1. The zero-order valence-electron chi connectivity index (χ0n) is 10.7. The van der Waals surface area contributed by atoms with E-state index in [9.17, 15) is 4.79 Å². The van der Waals surface area contributed by atoms with Crippen LogP contribution < -0.4 is 5.73 Å². The molecule has 0 unspecified atom stereocenters. The van der Waals surface area contributed by atoms with Gasteiger partial charge in [-0.2, -0.15) is 0 Å². The molecule has 0 aliphatic rings. The number of nitrogens with one attached hydrogen (secondary N) is 1. The third-order valence-corrected chi connectivity index (χ3v) is 3.14. The van der Waals surface area contributed by atoms with Crippen molar-refractivity contribution < 1.29 is 9.53 Å². The molecular formula is C14H13N3O2. The van der Waals surface area contributed by atoms with E-state index >= 15 is 0 Å². The molecule has 0 atom stereocenters. The monoisotopic (exact) mass is 255 g/mol. The van der Waals surface area contributed by atoms with E-state index in [0.29, 0.717) is 11.3 Å². The van der Waals surface area contributed by atoms with Crippen molar-refractivity contribution in [2.45, 2.75) is 6.92 Å². The molecule has 2 heterocycles. The third kappa shape index (κ3) is 1.71. The molecule has 0 fully saturated rings. The SMILES string of the molecule is COC(=O)c1cc(N)c2c(c1)[nH]c1ncc(C)cc12. The fourth-order valence-corrected chi connectivity index (χ4v) is 2.29. The fraction of sp³-hybridized carbons (Fsp3) is 0.143. The summed E-state index contributed by atoms with van der Waals surface area (Å²) in [5.74, 6) is -0.406. The number of rotatable bonds is 1. The number of esters is 1. The molecule has 19 heavy (non-hydrogen) atoms. The fourth-order valence-electron chi connectivity index (χ4n) is 2.29. The zero-order valence-corrected chi connectivity index (χ0v) is 10.7. The number of nitrogens with two attached hydrogens (primary N) is 1. The lowest BCUT2D eigenvalue weighted by molar-refractivity contribution is 0.0601. The van der Waals surface area contributed by atoms with Crippen molar-refractivity contribution in [1.29, 1.82) is 0 Å². The van der Waals surface area contributed by atoms with Crippen molar-refractivity contribution in [3.05, 3.63) is 35.5 Å². The van der Waals surface area contributed by atoms with Crippen molar-refractivity contribution in [1.82, 2.24) is 9.97 Å². The molecule has 5 nitrogen and oxygen atoms in total. The minimum Gasteiger partial charge on any atom is -0.465 e. The van der Waals surface area contributed by atoms with Gasteiger partial charge in [0.2, 0.25) is 0 Å². The number of nitrogen functional groups attached to an aromatic ring is 1. The number of H-pyrrole nitrogens is 1.